The molecule has 2 heteroatoms. The predicted molar refractivity (Wildman–Crippen MR) is 89.0 cm³/mol. The van der Waals surface area contributed by atoms with E-state index >= 15 is 0 Å². The Morgan fingerprint density at radius 1 is 1.09 bits per heavy atom. The first-order valence-electron chi connectivity index (χ1n) is 8.91. The van der Waals surface area contributed by atoms with Crippen LogP contribution >= 0.6 is 0 Å². The summed E-state index contributed by atoms with van der Waals surface area (Å²) in [5, 5.41) is 8.76. The molecular formula is C20H28FN. The van der Waals surface area contributed by atoms with Gasteiger partial charge in [-0.25, -0.2) is 4.39 Å². The van der Waals surface area contributed by atoms with Gasteiger partial charge >= 0.3 is 0 Å². The molecule has 1 aliphatic rings. The maximum Gasteiger partial charge on any atom is 0.141 e. The van der Waals surface area contributed by atoms with Crippen molar-refractivity contribution in [3.05, 3.63) is 35.1 Å². The lowest BCUT2D eigenvalue weighted by Gasteiger charge is -2.28. The fourth-order valence-corrected chi connectivity index (χ4v) is 3.67. The fraction of sp³-hybridized carbons (Fsp3) is 0.650. The second kappa shape index (κ2) is 8.93. The van der Waals surface area contributed by atoms with E-state index < -0.39 is 0 Å². The molecular weight excluding hydrogens is 273 g/mol. The van der Waals surface area contributed by atoms with Crippen LogP contribution in [0, 0.1) is 29.0 Å². The molecule has 0 aliphatic heterocycles. The molecule has 1 nitrogen and oxygen atoms in total. The molecule has 1 saturated carbocycles. The highest BCUT2D eigenvalue weighted by Gasteiger charge is 2.20. The van der Waals surface area contributed by atoms with Crippen molar-refractivity contribution in [1.82, 2.24) is 0 Å². The number of halogens is 1. The topological polar surface area (TPSA) is 23.8 Å². The Balaban J connectivity index is 1.70. The highest BCUT2D eigenvalue weighted by molar-refractivity contribution is 5.33. The van der Waals surface area contributed by atoms with Gasteiger partial charge in [0, 0.05) is 0 Å². The van der Waals surface area contributed by atoms with Gasteiger partial charge in [-0.3, -0.25) is 0 Å². The minimum Gasteiger partial charge on any atom is -0.206 e. The Morgan fingerprint density at radius 2 is 1.77 bits per heavy atom. The first-order chi connectivity index (χ1) is 10.7. The third-order valence-corrected chi connectivity index (χ3v) is 5.18. The van der Waals surface area contributed by atoms with Gasteiger partial charge in [0.05, 0.1) is 5.56 Å². The van der Waals surface area contributed by atoms with E-state index in [1.54, 1.807) is 6.07 Å². The monoisotopic (exact) mass is 301 g/mol. The summed E-state index contributed by atoms with van der Waals surface area (Å²) in [6.45, 7) is 2.27. The van der Waals surface area contributed by atoms with Crippen LogP contribution in [0.25, 0.3) is 0 Å². The molecule has 1 aromatic carbocycles. The van der Waals surface area contributed by atoms with Crippen LogP contribution in [0.5, 0.6) is 0 Å². The molecule has 0 amide bonds. The molecule has 0 saturated heterocycles. The molecule has 22 heavy (non-hydrogen) atoms. The second-order valence-corrected chi connectivity index (χ2v) is 6.85. The van der Waals surface area contributed by atoms with Crippen LogP contribution < -0.4 is 0 Å². The van der Waals surface area contributed by atoms with Crippen LogP contribution in [-0.2, 0) is 6.42 Å². The normalized spacial score (nSPS) is 21.5. The van der Waals surface area contributed by atoms with Gasteiger partial charge in [0.2, 0.25) is 0 Å². The maximum absolute atomic E-state index is 13.6. The molecule has 1 aliphatic carbocycles. The van der Waals surface area contributed by atoms with Crippen LogP contribution in [0.2, 0.25) is 0 Å². The molecule has 0 bridgehead atoms. The quantitative estimate of drug-likeness (QED) is 0.565. The zero-order valence-corrected chi connectivity index (χ0v) is 13.8. The van der Waals surface area contributed by atoms with Gasteiger partial charge in [-0.1, -0.05) is 64.4 Å². The van der Waals surface area contributed by atoms with E-state index in [2.05, 4.69) is 6.92 Å². The van der Waals surface area contributed by atoms with Crippen molar-refractivity contribution in [2.75, 3.05) is 0 Å². The molecule has 120 valence electrons. The third-order valence-electron chi connectivity index (χ3n) is 5.18. The van der Waals surface area contributed by atoms with Crippen molar-refractivity contribution in [3.63, 3.8) is 0 Å². The molecule has 1 aromatic rings. The lowest BCUT2D eigenvalue weighted by atomic mass is 9.78. The average Bonchev–Trinajstić information content (AvgIpc) is 2.54. The van der Waals surface area contributed by atoms with Gasteiger partial charge < -0.3 is 0 Å². The summed E-state index contributed by atoms with van der Waals surface area (Å²) in [6.07, 6.45) is 13.1. The van der Waals surface area contributed by atoms with Crippen LogP contribution in [0.15, 0.2) is 18.2 Å². The van der Waals surface area contributed by atoms with E-state index in [0.29, 0.717) is 0 Å². The maximum atomic E-state index is 13.6. The SMILES string of the molecule is CCCCCC1CCC(CCc2ccc(C#N)c(F)c2)CC1. The van der Waals surface area contributed by atoms with Crippen molar-refractivity contribution in [3.8, 4) is 6.07 Å². The summed E-state index contributed by atoms with van der Waals surface area (Å²) < 4.78 is 13.6. The molecule has 0 heterocycles. The van der Waals surface area contributed by atoms with Crippen molar-refractivity contribution < 1.29 is 4.39 Å². The molecule has 0 aromatic heterocycles. The third kappa shape index (κ3) is 5.13. The summed E-state index contributed by atoms with van der Waals surface area (Å²) >= 11 is 0. The van der Waals surface area contributed by atoms with Crippen molar-refractivity contribution in [2.24, 2.45) is 11.8 Å². The van der Waals surface area contributed by atoms with Crippen LogP contribution in [0.4, 0.5) is 4.39 Å². The smallest absolute Gasteiger partial charge is 0.141 e. The largest absolute Gasteiger partial charge is 0.206 e. The van der Waals surface area contributed by atoms with Crippen LogP contribution in [0.1, 0.15) is 75.8 Å². The molecule has 0 unspecified atom stereocenters. The minimum atomic E-state index is -0.375. The lowest BCUT2D eigenvalue weighted by molar-refractivity contribution is 0.249. The van der Waals surface area contributed by atoms with Gasteiger partial charge in [-0.15, -0.1) is 0 Å². The number of nitriles is 1. The van der Waals surface area contributed by atoms with Gasteiger partial charge in [0.15, 0.2) is 0 Å². The van der Waals surface area contributed by atoms with Gasteiger partial charge in [-0.05, 0) is 42.4 Å². The summed E-state index contributed by atoms with van der Waals surface area (Å²) in [4.78, 5) is 0. The van der Waals surface area contributed by atoms with E-state index in [-0.39, 0.29) is 11.4 Å². The van der Waals surface area contributed by atoms with Gasteiger partial charge in [0.1, 0.15) is 11.9 Å². The molecule has 1 fully saturated rings. The summed E-state index contributed by atoms with van der Waals surface area (Å²) in [6, 6.07) is 6.92. The summed E-state index contributed by atoms with van der Waals surface area (Å²) in [7, 11) is 0. The second-order valence-electron chi connectivity index (χ2n) is 6.85. The summed E-state index contributed by atoms with van der Waals surface area (Å²) in [5.74, 6) is 1.39. The van der Waals surface area contributed by atoms with Gasteiger partial charge in [0.25, 0.3) is 0 Å². The first-order valence-corrected chi connectivity index (χ1v) is 8.91. The average molecular weight is 301 g/mol. The zero-order valence-electron chi connectivity index (χ0n) is 13.8. The Bertz CT molecular complexity index is 495. The Labute approximate surface area is 134 Å². The number of rotatable bonds is 7. The first kappa shape index (κ1) is 17.0. The van der Waals surface area contributed by atoms with E-state index in [4.69, 9.17) is 5.26 Å². The van der Waals surface area contributed by atoms with E-state index in [0.717, 1.165) is 30.2 Å². The molecule has 0 atom stereocenters. The number of nitrogens with zero attached hydrogens (tertiary/aromatic N) is 1. The van der Waals surface area contributed by atoms with E-state index in [9.17, 15) is 4.39 Å². The fourth-order valence-electron chi connectivity index (χ4n) is 3.67. The molecule has 0 N–H and O–H groups in total. The molecule has 0 radical (unpaired) electrons. The standard InChI is InChI=1S/C20H28FN/c1-2-3-4-5-16-6-8-17(9-7-16)10-11-18-12-13-19(15-22)20(21)14-18/h12-14,16-17H,2-11H2,1H3. The number of benzene rings is 1. The highest BCUT2D eigenvalue weighted by atomic mass is 19.1. The van der Waals surface area contributed by atoms with Gasteiger partial charge in [-0.2, -0.15) is 5.26 Å². The summed E-state index contributed by atoms with van der Waals surface area (Å²) in [5.41, 5.74) is 1.18. The van der Waals surface area contributed by atoms with Crippen molar-refractivity contribution >= 4 is 0 Å². The zero-order chi connectivity index (χ0) is 15.8. The number of aryl methyl sites for hydroxylation is 1. The Morgan fingerprint density at radius 3 is 2.36 bits per heavy atom. The van der Waals surface area contributed by atoms with Crippen LogP contribution in [-0.4, -0.2) is 0 Å². The van der Waals surface area contributed by atoms with Crippen molar-refractivity contribution in [2.45, 2.75) is 71.1 Å². The predicted octanol–water partition coefficient (Wildman–Crippen LogP) is 6.02. The van der Waals surface area contributed by atoms with Crippen LogP contribution in [0.3, 0.4) is 0 Å². The van der Waals surface area contributed by atoms with Crippen molar-refractivity contribution in [1.29, 1.82) is 5.26 Å². The lowest BCUT2D eigenvalue weighted by Crippen LogP contribution is -2.15. The Kier molecular flexibility index (Phi) is 6.90. The minimum absolute atomic E-state index is 0.149. The number of hydrogen-bond acceptors (Lipinski definition) is 1. The number of hydrogen-bond donors (Lipinski definition) is 0. The highest BCUT2D eigenvalue weighted by Crippen LogP contribution is 2.34. The van der Waals surface area contributed by atoms with E-state index in [1.807, 2.05) is 12.1 Å². The number of unbranched alkanes of at least 4 members (excludes halogenated alkanes) is 2. The molecule has 2 rings (SSSR count). The molecule has 0 spiro atoms. The van der Waals surface area contributed by atoms with E-state index in [1.165, 1.54) is 57.4 Å². The Hall–Kier alpha value is -1.36.